The van der Waals surface area contributed by atoms with E-state index in [1.165, 1.54) is 6.07 Å². The van der Waals surface area contributed by atoms with Gasteiger partial charge in [-0.25, -0.2) is 4.79 Å². The number of hydrogen-bond donors (Lipinski definition) is 1. The first-order chi connectivity index (χ1) is 11.4. The summed E-state index contributed by atoms with van der Waals surface area (Å²) in [5, 5.41) is 13.7. The first-order valence-electron chi connectivity index (χ1n) is 7.77. The van der Waals surface area contributed by atoms with Crippen molar-refractivity contribution in [1.29, 1.82) is 0 Å². The van der Waals surface area contributed by atoms with Crippen LogP contribution in [0.1, 0.15) is 23.6 Å². The molecule has 0 fully saturated rings. The highest BCUT2D eigenvalue weighted by atomic mass is 16.6. The van der Waals surface area contributed by atoms with E-state index in [1.807, 2.05) is 38.1 Å². The molecule has 2 rings (SSSR count). The van der Waals surface area contributed by atoms with Crippen molar-refractivity contribution >= 4 is 17.4 Å². The zero-order valence-electron chi connectivity index (χ0n) is 14.1. The van der Waals surface area contributed by atoms with Gasteiger partial charge >= 0.3 is 6.03 Å². The molecule has 0 radical (unpaired) electrons. The van der Waals surface area contributed by atoms with Gasteiger partial charge in [0.1, 0.15) is 0 Å². The Labute approximate surface area is 141 Å². The molecule has 0 bridgehead atoms. The Bertz CT molecular complexity index is 759. The number of aryl methyl sites for hydroxylation is 2. The van der Waals surface area contributed by atoms with Crippen molar-refractivity contribution in [2.75, 3.05) is 11.9 Å². The third kappa shape index (κ3) is 4.10. The third-order valence-corrected chi connectivity index (χ3v) is 3.94. The molecule has 1 N–H and O–H groups in total. The minimum Gasteiger partial charge on any atom is -0.320 e. The fourth-order valence-electron chi connectivity index (χ4n) is 2.46. The number of nitro groups is 1. The van der Waals surface area contributed by atoms with Crippen LogP contribution in [0.3, 0.4) is 0 Å². The van der Waals surface area contributed by atoms with Crippen LogP contribution in [-0.2, 0) is 6.54 Å². The summed E-state index contributed by atoms with van der Waals surface area (Å²) in [6.45, 7) is 6.66. The lowest BCUT2D eigenvalue weighted by atomic mass is 10.1. The van der Waals surface area contributed by atoms with Gasteiger partial charge in [-0.05, 0) is 44.0 Å². The monoisotopic (exact) mass is 327 g/mol. The Hall–Kier alpha value is -2.89. The molecular weight excluding hydrogens is 306 g/mol. The molecule has 0 atom stereocenters. The Morgan fingerprint density at radius 2 is 1.88 bits per heavy atom. The van der Waals surface area contributed by atoms with Gasteiger partial charge < -0.3 is 10.2 Å². The predicted octanol–water partition coefficient (Wildman–Crippen LogP) is 4.27. The first kappa shape index (κ1) is 17.5. The second kappa shape index (κ2) is 7.59. The largest absolute Gasteiger partial charge is 0.322 e. The molecule has 0 heterocycles. The van der Waals surface area contributed by atoms with E-state index in [-0.39, 0.29) is 11.7 Å². The Morgan fingerprint density at radius 1 is 1.17 bits per heavy atom. The van der Waals surface area contributed by atoms with Crippen LogP contribution in [0.2, 0.25) is 0 Å². The highest BCUT2D eigenvalue weighted by Crippen LogP contribution is 2.22. The van der Waals surface area contributed by atoms with Crippen LogP contribution >= 0.6 is 0 Å². The molecule has 0 saturated heterocycles. The number of carbonyl (C=O) groups excluding carboxylic acids is 1. The van der Waals surface area contributed by atoms with Crippen molar-refractivity contribution < 1.29 is 9.72 Å². The number of nitrogens with zero attached hydrogens (tertiary/aromatic N) is 2. The van der Waals surface area contributed by atoms with E-state index in [9.17, 15) is 14.9 Å². The summed E-state index contributed by atoms with van der Waals surface area (Å²) in [5.74, 6) is 0. The van der Waals surface area contributed by atoms with E-state index in [0.29, 0.717) is 24.3 Å². The van der Waals surface area contributed by atoms with E-state index in [4.69, 9.17) is 0 Å². The number of nitrogens with one attached hydrogen (secondary N) is 1. The summed E-state index contributed by atoms with van der Waals surface area (Å²) >= 11 is 0. The smallest absolute Gasteiger partial charge is 0.320 e. The van der Waals surface area contributed by atoms with Gasteiger partial charge in [-0.3, -0.25) is 10.1 Å². The van der Waals surface area contributed by atoms with E-state index < -0.39 is 4.92 Å². The van der Waals surface area contributed by atoms with Crippen LogP contribution < -0.4 is 5.32 Å². The number of carbonyl (C=O) groups is 1. The maximum atomic E-state index is 12.5. The molecule has 6 nitrogen and oxygen atoms in total. The van der Waals surface area contributed by atoms with Crippen molar-refractivity contribution in [3.63, 3.8) is 0 Å². The van der Waals surface area contributed by atoms with Gasteiger partial charge in [0.25, 0.3) is 5.69 Å². The zero-order chi connectivity index (χ0) is 17.7. The fourth-order valence-corrected chi connectivity index (χ4v) is 2.46. The molecule has 2 aromatic rings. The zero-order valence-corrected chi connectivity index (χ0v) is 14.1. The number of urea groups is 1. The maximum Gasteiger partial charge on any atom is 0.322 e. The molecule has 0 spiro atoms. The van der Waals surface area contributed by atoms with Gasteiger partial charge in [-0.1, -0.05) is 24.3 Å². The third-order valence-electron chi connectivity index (χ3n) is 3.94. The van der Waals surface area contributed by atoms with Crippen LogP contribution in [0, 0.1) is 24.0 Å². The van der Waals surface area contributed by atoms with Crippen LogP contribution in [0.15, 0.2) is 42.5 Å². The number of anilines is 1. The maximum absolute atomic E-state index is 12.5. The number of hydrogen-bond acceptors (Lipinski definition) is 3. The van der Waals surface area contributed by atoms with Crippen LogP contribution in [0.5, 0.6) is 0 Å². The summed E-state index contributed by atoms with van der Waals surface area (Å²) in [6.07, 6.45) is 0. The van der Waals surface area contributed by atoms with Gasteiger partial charge in [0, 0.05) is 30.4 Å². The molecule has 126 valence electrons. The second-order valence-electron chi connectivity index (χ2n) is 5.63. The second-order valence-corrected chi connectivity index (χ2v) is 5.63. The van der Waals surface area contributed by atoms with Gasteiger partial charge in [0.05, 0.1) is 4.92 Å². The molecule has 6 heteroatoms. The highest BCUT2D eigenvalue weighted by molar-refractivity contribution is 5.89. The minimum atomic E-state index is -0.433. The summed E-state index contributed by atoms with van der Waals surface area (Å²) in [5.41, 5.74) is 3.33. The van der Waals surface area contributed by atoms with Gasteiger partial charge in [0.15, 0.2) is 0 Å². The highest BCUT2D eigenvalue weighted by Gasteiger charge is 2.15. The van der Waals surface area contributed by atoms with Gasteiger partial charge in [-0.2, -0.15) is 0 Å². The lowest BCUT2D eigenvalue weighted by Gasteiger charge is -2.22. The summed E-state index contributed by atoms with van der Waals surface area (Å²) in [7, 11) is 0. The summed E-state index contributed by atoms with van der Waals surface area (Å²) in [4.78, 5) is 24.6. The fraction of sp³-hybridized carbons (Fsp3) is 0.278. The van der Waals surface area contributed by atoms with Crippen molar-refractivity contribution in [2.24, 2.45) is 0 Å². The molecule has 0 aliphatic heterocycles. The molecule has 2 aromatic carbocycles. The molecule has 24 heavy (non-hydrogen) atoms. The minimum absolute atomic E-state index is 0.0419. The van der Waals surface area contributed by atoms with E-state index in [2.05, 4.69) is 5.32 Å². The average molecular weight is 327 g/mol. The standard InChI is InChI=1S/C18H21N3O3/c1-4-20(12-15-8-6-5-7-13(15)2)18(22)19-16-9-10-17(21(23)24)14(3)11-16/h5-11H,4,12H2,1-3H3,(H,19,22). The molecule has 0 saturated carbocycles. The van der Waals surface area contributed by atoms with E-state index in [0.717, 1.165) is 11.1 Å². The number of benzene rings is 2. The van der Waals surface area contributed by atoms with Crippen LogP contribution in [-0.4, -0.2) is 22.4 Å². The predicted molar refractivity (Wildman–Crippen MR) is 94.1 cm³/mol. The summed E-state index contributed by atoms with van der Waals surface area (Å²) < 4.78 is 0. The molecule has 0 aromatic heterocycles. The molecule has 0 aliphatic carbocycles. The molecule has 0 aliphatic rings. The number of amides is 2. The van der Waals surface area contributed by atoms with E-state index in [1.54, 1.807) is 24.0 Å². The SMILES string of the molecule is CCN(Cc1ccccc1C)C(=O)Nc1ccc([N+](=O)[O-])c(C)c1. The lowest BCUT2D eigenvalue weighted by Crippen LogP contribution is -2.34. The average Bonchev–Trinajstić information content (AvgIpc) is 2.53. The Kier molecular flexibility index (Phi) is 5.52. The van der Waals surface area contributed by atoms with E-state index >= 15 is 0 Å². The van der Waals surface area contributed by atoms with Gasteiger partial charge in [-0.15, -0.1) is 0 Å². The molecular formula is C18H21N3O3. The van der Waals surface area contributed by atoms with Crippen molar-refractivity contribution in [1.82, 2.24) is 4.90 Å². The van der Waals surface area contributed by atoms with Crippen LogP contribution in [0.25, 0.3) is 0 Å². The topological polar surface area (TPSA) is 75.5 Å². The Morgan fingerprint density at radius 3 is 2.46 bits per heavy atom. The van der Waals surface area contributed by atoms with Crippen molar-refractivity contribution in [2.45, 2.75) is 27.3 Å². The summed E-state index contributed by atoms with van der Waals surface area (Å²) in [6, 6.07) is 12.3. The molecule has 2 amide bonds. The van der Waals surface area contributed by atoms with Crippen molar-refractivity contribution in [3.05, 3.63) is 69.3 Å². The van der Waals surface area contributed by atoms with Crippen LogP contribution in [0.4, 0.5) is 16.2 Å². The van der Waals surface area contributed by atoms with Gasteiger partial charge in [0.2, 0.25) is 0 Å². The number of nitro benzene ring substituents is 1. The van der Waals surface area contributed by atoms with Crippen molar-refractivity contribution in [3.8, 4) is 0 Å². The normalized spacial score (nSPS) is 10.3. The lowest BCUT2D eigenvalue weighted by molar-refractivity contribution is -0.385. The quantitative estimate of drug-likeness (QED) is 0.658. The molecule has 0 unspecified atom stereocenters. The number of rotatable bonds is 5. The first-order valence-corrected chi connectivity index (χ1v) is 7.77. The Balaban J connectivity index is 2.11.